The highest BCUT2D eigenvalue weighted by Gasteiger charge is 2.33. The minimum absolute atomic E-state index is 0.0294. The molecule has 0 bridgehead atoms. The second-order valence-corrected chi connectivity index (χ2v) is 16.6. The zero-order valence-corrected chi connectivity index (χ0v) is 33.2. The molecule has 4 heterocycles. The molecule has 6 atom stereocenters. The Morgan fingerprint density at radius 3 is 1.74 bits per heavy atom. The van der Waals surface area contributed by atoms with Crippen LogP contribution in [-0.2, 0) is 33.7 Å². The summed E-state index contributed by atoms with van der Waals surface area (Å²) in [6.45, 7) is 0.173. The Balaban J connectivity index is 0.000000208. The van der Waals surface area contributed by atoms with Gasteiger partial charge in [0.1, 0.15) is 40.6 Å². The molecule has 1 amide bonds. The van der Waals surface area contributed by atoms with E-state index in [4.69, 9.17) is 19.9 Å². The van der Waals surface area contributed by atoms with Gasteiger partial charge in [0.2, 0.25) is 0 Å². The predicted molar refractivity (Wildman–Crippen MR) is 210 cm³/mol. The Kier molecular flexibility index (Phi) is 14.3. The van der Waals surface area contributed by atoms with Crippen molar-refractivity contribution in [2.24, 2.45) is 5.73 Å². The molecule has 20 heteroatoms. The molecule has 5 aromatic rings. The second-order valence-electron chi connectivity index (χ2n) is 14.4. The molecule has 314 valence electrons. The number of nitrogens with zero attached hydrogens (tertiary/aromatic N) is 4. The highest BCUT2D eigenvalue weighted by molar-refractivity contribution is 7.19. The standard InChI is InChI=1S/C23H25F3N4O3S.C15H19F3N4OS/c1-32-17-8-15(7-16(9-17)30-22(31)33-12-14-5-3-2-4-6-14)29-20-19-10-18(11-23(24,25)26)34-21(19)28-13-27-20;1-23-10-3-8(19)2-9(4-10)22-13-12-5-11(6-15(16,17)18)24-14(12)21-7-20-13/h2-6,10,13,15-17H,7-9,11-12H2,1H3,(H,30,31)(H,27,28,29);5,7-10H,2-4,6,19H2,1H3,(H,20,21,22)/t15-,16+,17-;8-,9+,10-/m01/s1. The van der Waals surface area contributed by atoms with Gasteiger partial charge in [-0.05, 0) is 56.2 Å². The summed E-state index contributed by atoms with van der Waals surface area (Å²) in [4.78, 5) is 30.5. The molecule has 12 nitrogen and oxygen atoms in total. The monoisotopic (exact) mass is 854 g/mol. The number of aromatic nitrogens is 4. The molecule has 0 spiro atoms. The Bertz CT molecular complexity index is 2100. The normalized spacial score (nSPS) is 22.6. The third-order valence-corrected chi connectivity index (χ3v) is 11.8. The highest BCUT2D eigenvalue weighted by atomic mass is 32.1. The second kappa shape index (κ2) is 19.1. The average molecular weight is 855 g/mol. The van der Waals surface area contributed by atoms with Crippen LogP contribution in [-0.4, -0.2) is 89.0 Å². The van der Waals surface area contributed by atoms with Gasteiger partial charge >= 0.3 is 18.4 Å². The molecular weight excluding hydrogens is 811 g/mol. The van der Waals surface area contributed by atoms with Crippen molar-refractivity contribution < 1.29 is 45.3 Å². The van der Waals surface area contributed by atoms with Crippen LogP contribution in [0, 0.1) is 0 Å². The number of anilines is 2. The number of nitrogens with two attached hydrogens (primary N) is 1. The number of methoxy groups -OCH3 is 2. The fraction of sp³-hybridized carbons (Fsp3) is 0.500. The van der Waals surface area contributed by atoms with Crippen molar-refractivity contribution in [3.63, 3.8) is 0 Å². The molecule has 0 aliphatic heterocycles. The first kappa shape index (κ1) is 43.2. The van der Waals surface area contributed by atoms with Crippen LogP contribution in [0.25, 0.3) is 20.4 Å². The van der Waals surface area contributed by atoms with Gasteiger partial charge in [-0.3, -0.25) is 0 Å². The zero-order chi connectivity index (χ0) is 41.5. The van der Waals surface area contributed by atoms with Crippen molar-refractivity contribution in [3.05, 3.63) is 70.4 Å². The summed E-state index contributed by atoms with van der Waals surface area (Å²) in [5, 5.41) is 10.7. The summed E-state index contributed by atoms with van der Waals surface area (Å²) in [7, 11) is 3.27. The van der Waals surface area contributed by atoms with Crippen molar-refractivity contribution in [1.82, 2.24) is 25.3 Å². The lowest BCUT2D eigenvalue weighted by Crippen LogP contribution is -2.46. The summed E-state index contributed by atoms with van der Waals surface area (Å²) in [5.74, 6) is 1.03. The van der Waals surface area contributed by atoms with Gasteiger partial charge in [-0.2, -0.15) is 26.3 Å². The van der Waals surface area contributed by atoms with E-state index in [1.165, 1.54) is 24.8 Å². The predicted octanol–water partition coefficient (Wildman–Crippen LogP) is 8.17. The van der Waals surface area contributed by atoms with Crippen LogP contribution < -0.4 is 21.7 Å². The number of nitrogens with one attached hydrogen (secondary N) is 3. The number of ether oxygens (including phenoxy) is 3. The Hall–Kier alpha value is -4.37. The molecule has 0 unspecified atom stereocenters. The van der Waals surface area contributed by atoms with Crippen LogP contribution in [0.5, 0.6) is 0 Å². The summed E-state index contributed by atoms with van der Waals surface area (Å²) in [6, 6.07) is 12.2. The van der Waals surface area contributed by atoms with E-state index in [0.717, 1.165) is 47.5 Å². The Labute approximate surface area is 338 Å². The third kappa shape index (κ3) is 12.6. The molecule has 4 aromatic heterocycles. The lowest BCUT2D eigenvalue weighted by Gasteiger charge is -2.35. The number of amides is 1. The number of thiophene rings is 2. The summed E-state index contributed by atoms with van der Waals surface area (Å²) < 4.78 is 92.5. The lowest BCUT2D eigenvalue weighted by molar-refractivity contribution is -0.127. The zero-order valence-electron chi connectivity index (χ0n) is 31.6. The van der Waals surface area contributed by atoms with Crippen molar-refractivity contribution >= 4 is 60.8 Å². The fourth-order valence-electron chi connectivity index (χ4n) is 7.24. The number of hydrogen-bond donors (Lipinski definition) is 4. The number of carbonyl (C=O) groups excluding carboxylic acids is 1. The van der Waals surface area contributed by atoms with E-state index in [0.29, 0.717) is 51.3 Å². The van der Waals surface area contributed by atoms with Crippen LogP contribution in [0.2, 0.25) is 0 Å². The van der Waals surface area contributed by atoms with E-state index in [9.17, 15) is 31.1 Å². The lowest BCUT2D eigenvalue weighted by atomic mass is 9.88. The first-order chi connectivity index (χ1) is 27.6. The van der Waals surface area contributed by atoms with Crippen LogP contribution in [0.3, 0.4) is 0 Å². The van der Waals surface area contributed by atoms with Crippen molar-refractivity contribution in [2.45, 2.75) is 107 Å². The third-order valence-electron chi connectivity index (χ3n) is 9.76. The first-order valence-electron chi connectivity index (χ1n) is 18.5. The van der Waals surface area contributed by atoms with Gasteiger partial charge in [-0.25, -0.2) is 24.7 Å². The number of benzene rings is 1. The van der Waals surface area contributed by atoms with Gasteiger partial charge in [0.25, 0.3) is 0 Å². The van der Waals surface area contributed by atoms with Crippen LogP contribution in [0.4, 0.5) is 42.8 Å². The SMILES string of the molecule is CO[C@@H]1C[C@H](N)C[C@H](Nc2ncnc3sc(CC(F)(F)F)cc23)C1.CO[C@@H]1C[C@H](NC(=O)OCc2ccccc2)C[C@H](Nc2ncnc3sc(CC(F)(F)F)cc23)C1. The van der Waals surface area contributed by atoms with Crippen molar-refractivity contribution in [1.29, 1.82) is 0 Å². The van der Waals surface area contributed by atoms with Crippen LogP contribution in [0.15, 0.2) is 55.1 Å². The summed E-state index contributed by atoms with van der Waals surface area (Å²) >= 11 is 2.05. The minimum atomic E-state index is -4.29. The maximum atomic E-state index is 12.8. The topological polar surface area (TPSA) is 158 Å². The Morgan fingerprint density at radius 2 is 1.22 bits per heavy atom. The van der Waals surface area contributed by atoms with Gasteiger partial charge in [-0.15, -0.1) is 22.7 Å². The van der Waals surface area contributed by atoms with E-state index < -0.39 is 31.3 Å². The molecule has 2 aliphatic rings. The molecule has 7 rings (SSSR count). The van der Waals surface area contributed by atoms with Gasteiger partial charge < -0.3 is 35.9 Å². The molecule has 0 radical (unpaired) electrons. The summed E-state index contributed by atoms with van der Waals surface area (Å²) in [5.41, 5.74) is 6.95. The highest BCUT2D eigenvalue weighted by Crippen LogP contribution is 2.35. The number of rotatable bonds is 11. The van der Waals surface area contributed by atoms with Crippen LogP contribution in [0.1, 0.15) is 53.8 Å². The Morgan fingerprint density at radius 1 is 0.724 bits per heavy atom. The van der Waals surface area contributed by atoms with Crippen molar-refractivity contribution in [3.8, 4) is 0 Å². The average Bonchev–Trinajstić information content (AvgIpc) is 3.77. The van der Waals surface area contributed by atoms with Crippen molar-refractivity contribution in [2.75, 3.05) is 24.9 Å². The maximum Gasteiger partial charge on any atom is 0.407 e. The van der Waals surface area contributed by atoms with Crippen LogP contribution >= 0.6 is 22.7 Å². The number of alkyl halides is 6. The minimum Gasteiger partial charge on any atom is -0.445 e. The molecule has 0 saturated heterocycles. The van der Waals surface area contributed by atoms with E-state index in [1.807, 2.05) is 30.3 Å². The first-order valence-corrected chi connectivity index (χ1v) is 20.2. The molecule has 1 aromatic carbocycles. The molecule has 2 fully saturated rings. The fourth-order valence-corrected chi connectivity index (χ4v) is 9.30. The van der Waals surface area contributed by atoms with Gasteiger partial charge in [0.05, 0.1) is 35.8 Å². The molecule has 2 aliphatic carbocycles. The quantitative estimate of drug-likeness (QED) is 0.0950. The van der Waals surface area contributed by atoms with E-state index >= 15 is 0 Å². The molecule has 2 saturated carbocycles. The molecular formula is C38H44F6N8O4S2. The van der Waals surface area contributed by atoms with Gasteiger partial charge in [-0.1, -0.05) is 30.3 Å². The largest absolute Gasteiger partial charge is 0.445 e. The number of hydrogen-bond acceptors (Lipinski definition) is 13. The number of fused-ring (bicyclic) bond motifs is 2. The number of carbonyl (C=O) groups is 1. The van der Waals surface area contributed by atoms with Gasteiger partial charge in [0, 0.05) is 48.1 Å². The number of alkyl carbamates (subject to hydrolysis) is 1. The smallest absolute Gasteiger partial charge is 0.407 e. The summed E-state index contributed by atoms with van der Waals surface area (Å²) in [6.07, 6.45) is -4.06. The maximum absolute atomic E-state index is 12.8. The molecule has 5 N–H and O–H groups in total. The van der Waals surface area contributed by atoms with E-state index in [-0.39, 0.29) is 52.7 Å². The molecule has 58 heavy (non-hydrogen) atoms. The van der Waals surface area contributed by atoms with E-state index in [2.05, 4.69) is 35.9 Å². The van der Waals surface area contributed by atoms with E-state index in [1.54, 1.807) is 14.2 Å². The number of halogens is 6. The van der Waals surface area contributed by atoms with Gasteiger partial charge in [0.15, 0.2) is 0 Å².